The number of carbonyl (C=O) groups excluding carboxylic acids is 1. The maximum atomic E-state index is 13.5. The fraction of sp³-hybridized carbons (Fsp3) is 0.583. The van der Waals surface area contributed by atoms with E-state index in [2.05, 4.69) is 23.7 Å². The van der Waals surface area contributed by atoms with Gasteiger partial charge in [0, 0.05) is 37.9 Å². The van der Waals surface area contributed by atoms with Crippen molar-refractivity contribution in [3.8, 4) is 0 Å². The van der Waals surface area contributed by atoms with Gasteiger partial charge >= 0.3 is 0 Å². The number of benzene rings is 1. The number of imidazole rings is 1. The monoisotopic (exact) mass is 428 g/mol. The molecule has 2 aliphatic heterocycles. The van der Waals surface area contributed by atoms with Crippen LogP contribution < -0.4 is 0 Å². The van der Waals surface area contributed by atoms with E-state index >= 15 is 0 Å². The van der Waals surface area contributed by atoms with Crippen LogP contribution in [0.2, 0.25) is 0 Å². The highest BCUT2D eigenvalue weighted by atomic mass is 19.1. The lowest BCUT2D eigenvalue weighted by atomic mass is 9.90. The molecular weight excluding hydrogens is 395 g/mol. The minimum absolute atomic E-state index is 0.140. The summed E-state index contributed by atoms with van der Waals surface area (Å²) in [5, 5.41) is 11.2. The summed E-state index contributed by atoms with van der Waals surface area (Å²) in [5.74, 6) is 1.17. The van der Waals surface area contributed by atoms with E-state index in [1.165, 1.54) is 6.07 Å². The standard InChI is InChI=1S/C24H33FN4O2/c1-18(2)22-26-10-14-29(22)17-24(31)8-12-27(13-9-24)23(30)21-7-4-11-28(21)16-19-5-3-6-20(25)15-19/h3,5-6,10,14-15,18,21,31H,4,7-9,11-13,16-17H2,1-2H3/t21-/m1/s1. The summed E-state index contributed by atoms with van der Waals surface area (Å²) in [4.78, 5) is 21.7. The molecule has 0 radical (unpaired) electrons. The number of aliphatic hydroxyl groups is 1. The number of carbonyl (C=O) groups is 1. The summed E-state index contributed by atoms with van der Waals surface area (Å²) >= 11 is 0. The third kappa shape index (κ3) is 4.99. The first-order valence-corrected chi connectivity index (χ1v) is 11.4. The van der Waals surface area contributed by atoms with Crippen molar-refractivity contribution in [2.75, 3.05) is 19.6 Å². The number of halogens is 1. The van der Waals surface area contributed by atoms with Gasteiger partial charge in [0.25, 0.3) is 0 Å². The molecular formula is C24H33FN4O2. The second-order valence-corrected chi connectivity index (χ2v) is 9.38. The van der Waals surface area contributed by atoms with Gasteiger partial charge in [0.2, 0.25) is 5.91 Å². The molecule has 2 aromatic rings. The lowest BCUT2D eigenvalue weighted by molar-refractivity contribution is -0.140. The first-order chi connectivity index (χ1) is 14.8. The molecule has 6 nitrogen and oxygen atoms in total. The van der Waals surface area contributed by atoms with Gasteiger partial charge in [-0.05, 0) is 49.9 Å². The number of amides is 1. The van der Waals surface area contributed by atoms with Crippen LogP contribution in [-0.4, -0.2) is 61.6 Å². The molecule has 3 heterocycles. The Hall–Kier alpha value is -2.25. The molecule has 0 bridgehead atoms. The first-order valence-electron chi connectivity index (χ1n) is 11.4. The summed E-state index contributed by atoms with van der Waals surface area (Å²) < 4.78 is 15.6. The van der Waals surface area contributed by atoms with Gasteiger partial charge in [0.05, 0.1) is 18.2 Å². The summed E-state index contributed by atoms with van der Waals surface area (Å²) in [6.45, 7) is 7.27. The molecule has 1 amide bonds. The van der Waals surface area contributed by atoms with E-state index in [0.29, 0.717) is 44.9 Å². The lowest BCUT2D eigenvalue weighted by Gasteiger charge is -2.40. The molecule has 1 aromatic carbocycles. The van der Waals surface area contributed by atoms with Gasteiger partial charge in [-0.25, -0.2) is 9.37 Å². The van der Waals surface area contributed by atoms with Crippen LogP contribution in [-0.2, 0) is 17.9 Å². The van der Waals surface area contributed by atoms with Crippen molar-refractivity contribution in [3.05, 3.63) is 53.9 Å². The van der Waals surface area contributed by atoms with E-state index in [1.54, 1.807) is 18.3 Å². The van der Waals surface area contributed by atoms with E-state index in [1.807, 2.05) is 21.7 Å². The van der Waals surface area contributed by atoms with Crippen LogP contribution in [0.25, 0.3) is 0 Å². The highest BCUT2D eigenvalue weighted by Crippen LogP contribution is 2.28. The van der Waals surface area contributed by atoms with E-state index in [0.717, 1.165) is 30.8 Å². The van der Waals surface area contributed by atoms with Crippen LogP contribution in [0.4, 0.5) is 4.39 Å². The molecule has 2 saturated heterocycles. The van der Waals surface area contributed by atoms with Crippen molar-refractivity contribution in [2.45, 2.75) is 70.2 Å². The maximum absolute atomic E-state index is 13.5. The summed E-state index contributed by atoms with van der Waals surface area (Å²) in [6, 6.07) is 6.46. The zero-order valence-electron chi connectivity index (χ0n) is 18.5. The van der Waals surface area contributed by atoms with Crippen LogP contribution in [0, 0.1) is 5.82 Å². The van der Waals surface area contributed by atoms with Gasteiger partial charge in [0.15, 0.2) is 0 Å². The van der Waals surface area contributed by atoms with Crippen LogP contribution in [0.3, 0.4) is 0 Å². The van der Waals surface area contributed by atoms with Gasteiger partial charge in [-0.1, -0.05) is 26.0 Å². The molecule has 0 unspecified atom stereocenters. The molecule has 1 atom stereocenters. The largest absolute Gasteiger partial charge is 0.388 e. The molecule has 168 valence electrons. The summed E-state index contributed by atoms with van der Waals surface area (Å²) in [5.41, 5.74) is 0.0758. The zero-order chi connectivity index (χ0) is 22.0. The predicted molar refractivity (Wildman–Crippen MR) is 117 cm³/mol. The van der Waals surface area contributed by atoms with Crippen LogP contribution in [0.5, 0.6) is 0 Å². The minimum Gasteiger partial charge on any atom is -0.388 e. The van der Waals surface area contributed by atoms with Gasteiger partial charge in [-0.3, -0.25) is 9.69 Å². The van der Waals surface area contributed by atoms with E-state index in [-0.39, 0.29) is 17.8 Å². The van der Waals surface area contributed by atoms with Crippen molar-refractivity contribution in [2.24, 2.45) is 0 Å². The summed E-state index contributed by atoms with van der Waals surface area (Å²) in [7, 11) is 0. The average Bonchev–Trinajstić information content (AvgIpc) is 3.37. The molecule has 2 fully saturated rings. The Bertz CT molecular complexity index is 904. The second-order valence-electron chi connectivity index (χ2n) is 9.38. The molecule has 1 N–H and O–H groups in total. The molecule has 7 heteroatoms. The fourth-order valence-electron chi connectivity index (χ4n) is 4.95. The van der Waals surface area contributed by atoms with Gasteiger partial charge in [0.1, 0.15) is 11.6 Å². The Labute approximate surface area is 183 Å². The maximum Gasteiger partial charge on any atom is 0.239 e. The minimum atomic E-state index is -0.821. The Morgan fingerprint density at radius 3 is 2.77 bits per heavy atom. The quantitative estimate of drug-likeness (QED) is 0.768. The number of rotatable bonds is 6. The van der Waals surface area contributed by atoms with Crippen molar-refractivity contribution in [1.29, 1.82) is 0 Å². The predicted octanol–water partition coefficient (Wildman–Crippen LogP) is 3.16. The Morgan fingerprint density at radius 1 is 1.29 bits per heavy atom. The number of hydrogen-bond donors (Lipinski definition) is 1. The third-order valence-corrected chi connectivity index (χ3v) is 6.66. The molecule has 2 aliphatic rings. The van der Waals surface area contributed by atoms with Gasteiger partial charge in [-0.2, -0.15) is 0 Å². The average molecular weight is 429 g/mol. The van der Waals surface area contributed by atoms with Crippen LogP contribution >= 0.6 is 0 Å². The highest BCUT2D eigenvalue weighted by Gasteiger charge is 2.39. The van der Waals surface area contributed by atoms with Crippen molar-refractivity contribution < 1.29 is 14.3 Å². The zero-order valence-corrected chi connectivity index (χ0v) is 18.5. The van der Waals surface area contributed by atoms with Crippen molar-refractivity contribution in [1.82, 2.24) is 19.4 Å². The second kappa shape index (κ2) is 9.09. The van der Waals surface area contributed by atoms with E-state index in [9.17, 15) is 14.3 Å². The molecule has 4 rings (SSSR count). The van der Waals surface area contributed by atoms with Gasteiger partial charge < -0.3 is 14.6 Å². The van der Waals surface area contributed by atoms with Crippen LogP contribution in [0.15, 0.2) is 36.7 Å². The fourth-order valence-corrected chi connectivity index (χ4v) is 4.95. The number of nitrogens with zero attached hydrogens (tertiary/aromatic N) is 4. The molecule has 0 spiro atoms. The van der Waals surface area contributed by atoms with Crippen molar-refractivity contribution in [3.63, 3.8) is 0 Å². The Balaban J connectivity index is 1.35. The molecule has 0 saturated carbocycles. The highest BCUT2D eigenvalue weighted by molar-refractivity contribution is 5.82. The van der Waals surface area contributed by atoms with Gasteiger partial charge in [-0.15, -0.1) is 0 Å². The summed E-state index contributed by atoms with van der Waals surface area (Å²) in [6.07, 6.45) is 6.64. The SMILES string of the molecule is CC(C)c1nccn1CC1(O)CCN(C(=O)[C@H]2CCCN2Cc2cccc(F)c2)CC1. The normalized spacial score (nSPS) is 21.7. The number of hydrogen-bond acceptors (Lipinski definition) is 4. The van der Waals surface area contributed by atoms with E-state index in [4.69, 9.17) is 0 Å². The molecule has 31 heavy (non-hydrogen) atoms. The molecule has 1 aromatic heterocycles. The smallest absolute Gasteiger partial charge is 0.239 e. The van der Waals surface area contributed by atoms with Crippen molar-refractivity contribution >= 4 is 5.91 Å². The number of likely N-dealkylation sites (tertiary alicyclic amines) is 2. The lowest BCUT2D eigenvalue weighted by Crippen LogP contribution is -2.53. The van der Waals surface area contributed by atoms with E-state index < -0.39 is 5.60 Å². The Morgan fingerprint density at radius 2 is 2.06 bits per heavy atom. The molecule has 0 aliphatic carbocycles. The number of aromatic nitrogens is 2. The first kappa shape index (κ1) is 22.0. The third-order valence-electron chi connectivity index (χ3n) is 6.66. The van der Waals surface area contributed by atoms with Crippen LogP contribution in [0.1, 0.15) is 56.8 Å². The number of piperidine rings is 1. The Kier molecular flexibility index (Phi) is 6.44. The topological polar surface area (TPSA) is 61.6 Å².